The van der Waals surface area contributed by atoms with Gasteiger partial charge in [0.2, 0.25) is 5.91 Å². The van der Waals surface area contributed by atoms with Crippen LogP contribution < -0.4 is 10.5 Å². The van der Waals surface area contributed by atoms with Crippen molar-refractivity contribution >= 4 is 11.6 Å². The van der Waals surface area contributed by atoms with Crippen molar-refractivity contribution in [1.82, 2.24) is 4.90 Å². The fraction of sp³-hybridized carbons (Fsp3) is 0.467. The van der Waals surface area contributed by atoms with E-state index in [-0.39, 0.29) is 11.9 Å². The summed E-state index contributed by atoms with van der Waals surface area (Å²) in [4.78, 5) is 13.8. The molecule has 0 unspecified atom stereocenters. The first-order valence-electron chi connectivity index (χ1n) is 6.69. The Balaban J connectivity index is 2.43. The number of benzene rings is 1. The minimum absolute atomic E-state index is 0.000784. The summed E-state index contributed by atoms with van der Waals surface area (Å²) in [6, 6.07) is 9.25. The molecule has 1 aromatic rings. The van der Waals surface area contributed by atoms with E-state index in [4.69, 9.17) is 15.7 Å². The lowest BCUT2D eigenvalue weighted by atomic mass is 10.2. The molecule has 20 heavy (non-hydrogen) atoms. The van der Waals surface area contributed by atoms with E-state index in [1.54, 1.807) is 29.2 Å². The number of ether oxygens (including phenoxy) is 1. The molecule has 0 bridgehead atoms. The highest BCUT2D eigenvalue weighted by molar-refractivity contribution is 5.76. The van der Waals surface area contributed by atoms with Crippen molar-refractivity contribution in [3.05, 3.63) is 24.3 Å². The number of amides is 1. The molecule has 0 saturated heterocycles. The molecule has 1 aromatic carbocycles. The molecule has 1 amide bonds. The van der Waals surface area contributed by atoms with Gasteiger partial charge in [-0.2, -0.15) is 5.26 Å². The largest absolute Gasteiger partial charge is 0.493 e. The number of hydrogen-bond acceptors (Lipinski definition) is 4. The smallest absolute Gasteiger partial charge is 0.226 e. The molecule has 0 atom stereocenters. The second kappa shape index (κ2) is 8.05. The van der Waals surface area contributed by atoms with E-state index in [1.807, 2.05) is 13.8 Å². The first-order chi connectivity index (χ1) is 9.54. The summed E-state index contributed by atoms with van der Waals surface area (Å²) in [7, 11) is 0. The molecule has 0 fully saturated rings. The lowest BCUT2D eigenvalue weighted by Gasteiger charge is -2.25. The molecule has 0 radical (unpaired) electrons. The number of carbonyl (C=O) groups excluding carboxylic acids is 1. The molecule has 0 heterocycles. The van der Waals surface area contributed by atoms with E-state index in [9.17, 15) is 4.79 Å². The Morgan fingerprint density at radius 3 is 2.85 bits per heavy atom. The Morgan fingerprint density at radius 1 is 1.50 bits per heavy atom. The van der Waals surface area contributed by atoms with Crippen LogP contribution in [0.25, 0.3) is 0 Å². The van der Waals surface area contributed by atoms with E-state index in [0.717, 1.165) is 0 Å². The fourth-order valence-electron chi connectivity index (χ4n) is 1.85. The minimum atomic E-state index is -0.000784. The van der Waals surface area contributed by atoms with Crippen LogP contribution in [0.4, 0.5) is 5.69 Å². The fourth-order valence-corrected chi connectivity index (χ4v) is 1.85. The third kappa shape index (κ3) is 5.19. The Labute approximate surface area is 119 Å². The monoisotopic (exact) mass is 275 g/mol. The molecule has 1 rings (SSSR count). The molecule has 5 heteroatoms. The number of nitriles is 1. The van der Waals surface area contributed by atoms with Gasteiger partial charge in [-0.25, -0.2) is 0 Å². The van der Waals surface area contributed by atoms with Crippen LogP contribution in [0.1, 0.15) is 26.7 Å². The van der Waals surface area contributed by atoms with Crippen LogP contribution in [0, 0.1) is 11.3 Å². The van der Waals surface area contributed by atoms with Gasteiger partial charge in [0.05, 0.1) is 25.5 Å². The summed E-state index contributed by atoms with van der Waals surface area (Å²) in [6.07, 6.45) is 0.637. The summed E-state index contributed by atoms with van der Waals surface area (Å²) < 4.78 is 5.50. The molecule has 0 aliphatic rings. The summed E-state index contributed by atoms with van der Waals surface area (Å²) in [6.45, 7) is 4.64. The highest BCUT2D eigenvalue weighted by atomic mass is 16.5. The Bertz CT molecular complexity index is 480. The van der Waals surface area contributed by atoms with Crippen LogP contribution in [0.5, 0.6) is 5.75 Å². The van der Waals surface area contributed by atoms with Gasteiger partial charge in [0.15, 0.2) is 0 Å². The second-order valence-corrected chi connectivity index (χ2v) is 4.76. The quantitative estimate of drug-likeness (QED) is 0.773. The third-order valence-corrected chi connectivity index (χ3v) is 2.85. The number of carbonyl (C=O) groups is 1. The SMILES string of the molecule is CC(C)N(CCC#N)C(=O)CCOc1cccc(N)c1. The minimum Gasteiger partial charge on any atom is -0.493 e. The maximum atomic E-state index is 12.1. The van der Waals surface area contributed by atoms with Gasteiger partial charge >= 0.3 is 0 Å². The molecule has 0 saturated carbocycles. The highest BCUT2D eigenvalue weighted by Crippen LogP contribution is 2.14. The predicted octanol–water partition coefficient (Wildman–Crippen LogP) is 2.19. The van der Waals surface area contributed by atoms with Crippen LogP contribution in [0.15, 0.2) is 24.3 Å². The lowest BCUT2D eigenvalue weighted by molar-refractivity contribution is -0.133. The van der Waals surface area contributed by atoms with Crippen molar-refractivity contribution in [1.29, 1.82) is 5.26 Å². The topological polar surface area (TPSA) is 79.3 Å². The summed E-state index contributed by atoms with van der Waals surface area (Å²) in [5.41, 5.74) is 6.28. The number of nitrogens with two attached hydrogens (primary N) is 1. The average Bonchev–Trinajstić information content (AvgIpc) is 2.39. The van der Waals surface area contributed by atoms with Gasteiger partial charge in [0, 0.05) is 24.3 Å². The predicted molar refractivity (Wildman–Crippen MR) is 78.0 cm³/mol. The molecule has 0 aliphatic heterocycles. The van der Waals surface area contributed by atoms with Gasteiger partial charge in [-0.15, -0.1) is 0 Å². The van der Waals surface area contributed by atoms with Gasteiger partial charge in [-0.3, -0.25) is 4.79 Å². The van der Waals surface area contributed by atoms with E-state index >= 15 is 0 Å². The Morgan fingerprint density at radius 2 is 2.25 bits per heavy atom. The van der Waals surface area contributed by atoms with Gasteiger partial charge in [-0.1, -0.05) is 6.07 Å². The molecule has 2 N–H and O–H groups in total. The number of nitrogen functional groups attached to an aromatic ring is 1. The normalized spacial score (nSPS) is 10.1. The van der Waals surface area contributed by atoms with Crippen molar-refractivity contribution in [2.45, 2.75) is 32.7 Å². The molecule has 0 aromatic heterocycles. The van der Waals surface area contributed by atoms with Gasteiger partial charge in [0.25, 0.3) is 0 Å². The standard InChI is InChI=1S/C15H21N3O2/c1-12(2)18(9-4-8-16)15(19)7-10-20-14-6-3-5-13(17)11-14/h3,5-6,11-12H,4,7,9-10,17H2,1-2H3. The molecule has 0 spiro atoms. The van der Waals surface area contributed by atoms with Crippen molar-refractivity contribution in [3.63, 3.8) is 0 Å². The second-order valence-electron chi connectivity index (χ2n) is 4.76. The Kier molecular flexibility index (Phi) is 6.38. The van der Waals surface area contributed by atoms with Crippen molar-refractivity contribution in [3.8, 4) is 11.8 Å². The number of nitrogens with zero attached hydrogens (tertiary/aromatic N) is 2. The maximum absolute atomic E-state index is 12.1. The van der Waals surface area contributed by atoms with Gasteiger partial charge in [-0.05, 0) is 26.0 Å². The van der Waals surface area contributed by atoms with Crippen molar-refractivity contribution in [2.24, 2.45) is 0 Å². The van der Waals surface area contributed by atoms with Crippen molar-refractivity contribution in [2.75, 3.05) is 18.9 Å². The average molecular weight is 275 g/mol. The van der Waals surface area contributed by atoms with Crippen LogP contribution in [0.2, 0.25) is 0 Å². The zero-order valence-electron chi connectivity index (χ0n) is 12.0. The van der Waals surface area contributed by atoms with Crippen LogP contribution in [0.3, 0.4) is 0 Å². The van der Waals surface area contributed by atoms with E-state index in [0.29, 0.717) is 37.4 Å². The zero-order chi connectivity index (χ0) is 15.0. The molecular weight excluding hydrogens is 254 g/mol. The highest BCUT2D eigenvalue weighted by Gasteiger charge is 2.16. The molecular formula is C15H21N3O2. The van der Waals surface area contributed by atoms with Crippen LogP contribution in [-0.4, -0.2) is 30.0 Å². The molecule has 5 nitrogen and oxygen atoms in total. The number of rotatable bonds is 7. The Hall–Kier alpha value is -2.22. The van der Waals surface area contributed by atoms with E-state index in [1.165, 1.54) is 0 Å². The summed E-state index contributed by atoms with van der Waals surface area (Å²) >= 11 is 0. The maximum Gasteiger partial charge on any atom is 0.226 e. The van der Waals surface area contributed by atoms with Crippen LogP contribution in [-0.2, 0) is 4.79 Å². The lowest BCUT2D eigenvalue weighted by Crippen LogP contribution is -2.38. The third-order valence-electron chi connectivity index (χ3n) is 2.85. The number of anilines is 1. The number of hydrogen-bond donors (Lipinski definition) is 1. The first kappa shape index (κ1) is 15.8. The van der Waals surface area contributed by atoms with E-state index in [2.05, 4.69) is 6.07 Å². The summed E-state index contributed by atoms with van der Waals surface area (Å²) in [5.74, 6) is 0.657. The summed E-state index contributed by atoms with van der Waals surface area (Å²) in [5, 5.41) is 8.60. The van der Waals surface area contributed by atoms with Gasteiger partial charge in [0.1, 0.15) is 5.75 Å². The van der Waals surface area contributed by atoms with E-state index < -0.39 is 0 Å². The first-order valence-corrected chi connectivity index (χ1v) is 6.69. The molecule has 0 aliphatic carbocycles. The molecule has 108 valence electrons. The van der Waals surface area contributed by atoms with Crippen molar-refractivity contribution < 1.29 is 9.53 Å². The zero-order valence-corrected chi connectivity index (χ0v) is 12.0. The van der Waals surface area contributed by atoms with Gasteiger partial charge < -0.3 is 15.4 Å². The van der Waals surface area contributed by atoms with Crippen LogP contribution >= 0.6 is 0 Å².